The lowest BCUT2D eigenvalue weighted by atomic mass is 9.91. The minimum Gasteiger partial charge on any atom is -0.479 e. The third-order valence-corrected chi connectivity index (χ3v) is 3.93. The van der Waals surface area contributed by atoms with Gasteiger partial charge in [0.2, 0.25) is 0 Å². The molecule has 1 heterocycles. The Morgan fingerprint density at radius 2 is 1.90 bits per heavy atom. The van der Waals surface area contributed by atoms with Crippen molar-refractivity contribution in [3.63, 3.8) is 0 Å². The van der Waals surface area contributed by atoms with Gasteiger partial charge in [-0.05, 0) is 30.7 Å². The highest BCUT2D eigenvalue weighted by atomic mass is 35.5. The Kier molecular flexibility index (Phi) is 4.01. The van der Waals surface area contributed by atoms with Gasteiger partial charge in [0, 0.05) is 36.5 Å². The molecule has 1 aromatic carbocycles. The van der Waals surface area contributed by atoms with Crippen LogP contribution in [0.15, 0.2) is 18.2 Å². The van der Waals surface area contributed by atoms with Gasteiger partial charge in [-0.2, -0.15) is 0 Å². The smallest absolute Gasteiger partial charge is 0.335 e. The number of benzene rings is 1. The SMILES string of the molecule is Cc1cc(Cl)ccc1C(=O)N1CCC(O)(C(=O)O)CC1. The molecule has 1 aliphatic heterocycles. The number of nitrogens with zero attached hydrogens (tertiary/aromatic N) is 1. The molecule has 1 amide bonds. The van der Waals surface area contributed by atoms with E-state index in [0.717, 1.165) is 5.56 Å². The number of aryl methyl sites for hydroxylation is 1. The van der Waals surface area contributed by atoms with Crippen molar-refractivity contribution in [3.8, 4) is 0 Å². The van der Waals surface area contributed by atoms with Crippen LogP contribution >= 0.6 is 11.6 Å². The summed E-state index contributed by atoms with van der Waals surface area (Å²) < 4.78 is 0. The minimum atomic E-state index is -1.72. The number of likely N-dealkylation sites (tertiary alicyclic amines) is 1. The lowest BCUT2D eigenvalue weighted by Gasteiger charge is -2.35. The predicted octanol–water partition coefficient (Wildman–Crippen LogP) is 1.70. The number of amides is 1. The monoisotopic (exact) mass is 297 g/mol. The third-order valence-electron chi connectivity index (χ3n) is 3.69. The van der Waals surface area contributed by atoms with Gasteiger partial charge >= 0.3 is 5.97 Å². The standard InChI is InChI=1S/C14H16ClNO4/c1-9-8-10(15)2-3-11(9)12(17)16-6-4-14(20,5-7-16)13(18)19/h2-3,8,20H,4-7H2,1H3,(H,18,19). The fourth-order valence-electron chi connectivity index (χ4n) is 2.33. The van der Waals surface area contributed by atoms with Gasteiger partial charge in [-0.25, -0.2) is 4.79 Å². The maximum Gasteiger partial charge on any atom is 0.335 e. The largest absolute Gasteiger partial charge is 0.479 e. The maximum absolute atomic E-state index is 12.4. The fourth-order valence-corrected chi connectivity index (χ4v) is 2.56. The summed E-state index contributed by atoms with van der Waals surface area (Å²) in [6, 6.07) is 5.03. The second-order valence-corrected chi connectivity index (χ2v) is 5.52. The van der Waals surface area contributed by atoms with Crippen LogP contribution in [-0.2, 0) is 4.79 Å². The summed E-state index contributed by atoms with van der Waals surface area (Å²) >= 11 is 5.86. The lowest BCUT2D eigenvalue weighted by molar-refractivity contribution is -0.162. The van der Waals surface area contributed by atoms with Gasteiger partial charge in [-0.1, -0.05) is 11.6 Å². The lowest BCUT2D eigenvalue weighted by Crippen LogP contribution is -2.50. The minimum absolute atomic E-state index is 0.0424. The molecule has 6 heteroatoms. The second-order valence-electron chi connectivity index (χ2n) is 5.09. The van der Waals surface area contributed by atoms with Crippen molar-refractivity contribution in [1.29, 1.82) is 0 Å². The summed E-state index contributed by atoms with van der Waals surface area (Å²) in [4.78, 5) is 24.9. The van der Waals surface area contributed by atoms with Crippen LogP contribution in [0.5, 0.6) is 0 Å². The van der Waals surface area contributed by atoms with E-state index in [1.165, 1.54) is 0 Å². The first-order chi connectivity index (χ1) is 9.33. The summed E-state index contributed by atoms with van der Waals surface area (Å²) in [7, 11) is 0. The highest BCUT2D eigenvalue weighted by Gasteiger charge is 2.40. The normalized spacial score (nSPS) is 17.9. The molecule has 0 aliphatic carbocycles. The van der Waals surface area contributed by atoms with Crippen molar-refractivity contribution in [2.75, 3.05) is 13.1 Å². The number of piperidine rings is 1. The van der Waals surface area contributed by atoms with Crippen molar-refractivity contribution in [2.24, 2.45) is 0 Å². The Hall–Kier alpha value is -1.59. The zero-order chi connectivity index (χ0) is 14.9. The summed E-state index contributed by atoms with van der Waals surface area (Å²) in [5.74, 6) is -1.39. The van der Waals surface area contributed by atoms with Gasteiger partial charge < -0.3 is 15.1 Å². The number of carboxylic acids is 1. The van der Waals surface area contributed by atoms with E-state index in [9.17, 15) is 14.7 Å². The molecule has 20 heavy (non-hydrogen) atoms. The third kappa shape index (κ3) is 2.78. The Labute approximate surface area is 121 Å². The zero-order valence-corrected chi connectivity index (χ0v) is 11.9. The molecule has 0 atom stereocenters. The molecule has 1 aliphatic rings. The molecule has 0 unspecified atom stereocenters. The van der Waals surface area contributed by atoms with E-state index in [0.29, 0.717) is 10.6 Å². The van der Waals surface area contributed by atoms with E-state index in [2.05, 4.69) is 0 Å². The Balaban J connectivity index is 2.11. The van der Waals surface area contributed by atoms with Crippen LogP contribution in [0.4, 0.5) is 0 Å². The molecule has 2 N–H and O–H groups in total. The Bertz CT molecular complexity index is 550. The van der Waals surface area contributed by atoms with Crippen LogP contribution in [0.25, 0.3) is 0 Å². The zero-order valence-electron chi connectivity index (χ0n) is 11.1. The van der Waals surface area contributed by atoms with Crippen LogP contribution < -0.4 is 0 Å². The van der Waals surface area contributed by atoms with Crippen molar-refractivity contribution in [1.82, 2.24) is 4.90 Å². The first-order valence-corrected chi connectivity index (χ1v) is 6.72. The van der Waals surface area contributed by atoms with E-state index >= 15 is 0 Å². The molecule has 1 aromatic rings. The molecule has 0 bridgehead atoms. The van der Waals surface area contributed by atoms with Crippen molar-refractivity contribution >= 4 is 23.5 Å². The summed E-state index contributed by atoms with van der Waals surface area (Å²) in [5, 5.41) is 19.4. The highest BCUT2D eigenvalue weighted by Crippen LogP contribution is 2.25. The van der Waals surface area contributed by atoms with Gasteiger partial charge in [0.05, 0.1) is 0 Å². The van der Waals surface area contributed by atoms with E-state index in [1.807, 2.05) is 0 Å². The number of rotatable bonds is 2. The number of halogens is 1. The van der Waals surface area contributed by atoms with Crippen molar-refractivity contribution in [2.45, 2.75) is 25.4 Å². The number of carbonyl (C=O) groups excluding carboxylic acids is 1. The van der Waals surface area contributed by atoms with Crippen LogP contribution in [0.3, 0.4) is 0 Å². The first kappa shape index (κ1) is 14.8. The molecule has 108 valence electrons. The van der Waals surface area contributed by atoms with Gasteiger partial charge in [0.15, 0.2) is 5.60 Å². The molecule has 5 nitrogen and oxygen atoms in total. The predicted molar refractivity (Wildman–Crippen MR) is 73.9 cm³/mol. The van der Waals surface area contributed by atoms with E-state index < -0.39 is 11.6 Å². The summed E-state index contributed by atoms with van der Waals surface area (Å²) in [6.45, 7) is 2.25. The van der Waals surface area contributed by atoms with Crippen LogP contribution in [0.2, 0.25) is 5.02 Å². The van der Waals surface area contributed by atoms with Gasteiger partial charge in [0.25, 0.3) is 5.91 Å². The van der Waals surface area contributed by atoms with E-state index in [-0.39, 0.29) is 31.8 Å². The van der Waals surface area contributed by atoms with Gasteiger partial charge in [0.1, 0.15) is 0 Å². The van der Waals surface area contributed by atoms with Gasteiger partial charge in [-0.15, -0.1) is 0 Å². The number of aliphatic carboxylic acids is 1. The van der Waals surface area contributed by atoms with E-state index in [4.69, 9.17) is 16.7 Å². The van der Waals surface area contributed by atoms with Crippen molar-refractivity contribution in [3.05, 3.63) is 34.3 Å². The molecule has 2 rings (SSSR count). The number of carboxylic acid groups (broad SMARTS) is 1. The number of hydrogen-bond donors (Lipinski definition) is 2. The molecule has 0 aromatic heterocycles. The van der Waals surface area contributed by atoms with Crippen molar-refractivity contribution < 1.29 is 19.8 Å². The topological polar surface area (TPSA) is 77.8 Å². The van der Waals surface area contributed by atoms with Crippen LogP contribution in [-0.4, -0.2) is 45.7 Å². The summed E-state index contributed by atoms with van der Waals surface area (Å²) in [6.07, 6.45) is 0.0847. The average molecular weight is 298 g/mol. The quantitative estimate of drug-likeness (QED) is 0.871. The Morgan fingerprint density at radius 3 is 2.40 bits per heavy atom. The first-order valence-electron chi connectivity index (χ1n) is 6.35. The highest BCUT2D eigenvalue weighted by molar-refractivity contribution is 6.30. The number of carbonyl (C=O) groups is 2. The van der Waals surface area contributed by atoms with Crippen LogP contribution in [0, 0.1) is 6.92 Å². The maximum atomic E-state index is 12.4. The summed E-state index contributed by atoms with van der Waals surface area (Å²) in [5.41, 5.74) is -0.386. The van der Waals surface area contributed by atoms with Gasteiger partial charge in [-0.3, -0.25) is 4.79 Å². The molecular formula is C14H16ClNO4. The molecule has 1 fully saturated rings. The Morgan fingerprint density at radius 1 is 1.30 bits per heavy atom. The molecule has 0 saturated carbocycles. The fraction of sp³-hybridized carbons (Fsp3) is 0.429. The van der Waals surface area contributed by atoms with Crippen LogP contribution in [0.1, 0.15) is 28.8 Å². The molecule has 0 radical (unpaired) electrons. The number of aliphatic hydroxyl groups is 1. The molecule has 1 saturated heterocycles. The molecular weight excluding hydrogens is 282 g/mol. The van der Waals surface area contributed by atoms with E-state index in [1.54, 1.807) is 30.0 Å². The average Bonchev–Trinajstić information content (AvgIpc) is 2.38. The second kappa shape index (κ2) is 5.42. The number of hydrogen-bond acceptors (Lipinski definition) is 3. The molecule has 0 spiro atoms.